The van der Waals surface area contributed by atoms with Crippen LogP contribution in [-0.4, -0.2) is 42.9 Å². The van der Waals surface area contributed by atoms with Crippen LogP contribution in [0.1, 0.15) is 57.5 Å². The zero-order valence-electron chi connectivity index (χ0n) is 17.5. The molecule has 0 saturated carbocycles. The van der Waals surface area contributed by atoms with E-state index in [9.17, 15) is 14.4 Å². The Hall–Kier alpha value is -2.74. The molecule has 0 fully saturated rings. The van der Waals surface area contributed by atoms with E-state index in [1.807, 2.05) is 26.8 Å². The fourth-order valence-electron chi connectivity index (χ4n) is 1.55. The third-order valence-electron chi connectivity index (χ3n) is 2.55. The molecule has 0 aliphatic heterocycles. The highest BCUT2D eigenvalue weighted by atomic mass is 16.6. The molecule has 8 nitrogen and oxygen atoms in total. The van der Waals surface area contributed by atoms with Crippen molar-refractivity contribution in [2.45, 2.75) is 53.7 Å². The largest absolute Gasteiger partial charge is 0.466 e. The summed E-state index contributed by atoms with van der Waals surface area (Å²) in [6.07, 6.45) is 0.642. The molecule has 3 N–H and O–H groups in total. The summed E-state index contributed by atoms with van der Waals surface area (Å²) < 4.78 is 14.0. The molecule has 8 heteroatoms. The number of nitrogens with one attached hydrogen (secondary N) is 1. The monoisotopic (exact) mass is 396 g/mol. The third kappa shape index (κ3) is 16.7. The second-order valence-electron chi connectivity index (χ2n) is 6.23. The summed E-state index contributed by atoms with van der Waals surface area (Å²) >= 11 is 0. The highest BCUT2D eigenvalue weighted by Crippen LogP contribution is 2.13. The van der Waals surface area contributed by atoms with Crippen LogP contribution in [0.4, 0.5) is 0 Å². The molecule has 1 aromatic rings. The zero-order chi connectivity index (χ0) is 22.2. The predicted molar refractivity (Wildman–Crippen MR) is 107 cm³/mol. The van der Waals surface area contributed by atoms with Crippen molar-refractivity contribution in [3.05, 3.63) is 35.4 Å². The van der Waals surface area contributed by atoms with Crippen molar-refractivity contribution in [1.82, 2.24) is 0 Å². The number of carbonyl (C=O) groups is 3. The van der Waals surface area contributed by atoms with E-state index in [0.29, 0.717) is 31.5 Å². The van der Waals surface area contributed by atoms with E-state index in [2.05, 4.69) is 9.47 Å². The Morgan fingerprint density at radius 1 is 1.11 bits per heavy atom. The molecule has 0 saturated heterocycles. The van der Waals surface area contributed by atoms with E-state index in [1.54, 1.807) is 32.0 Å². The first-order valence-corrected chi connectivity index (χ1v) is 8.83. The van der Waals surface area contributed by atoms with Gasteiger partial charge in [-0.15, -0.1) is 0 Å². The molecular formula is C20H32N2O6. The van der Waals surface area contributed by atoms with Gasteiger partial charge in [0.2, 0.25) is 0 Å². The number of nitrogens with two attached hydrogens (primary N) is 1. The van der Waals surface area contributed by atoms with E-state index in [1.165, 1.54) is 6.92 Å². The fraction of sp³-hybridized carbons (Fsp3) is 0.500. The molecule has 0 aromatic heterocycles. The Labute approximate surface area is 166 Å². The van der Waals surface area contributed by atoms with Crippen LogP contribution < -0.4 is 5.73 Å². The molecule has 0 amide bonds. The Bertz CT molecular complexity index is 623. The lowest BCUT2D eigenvalue weighted by Gasteiger charge is -2.19. The summed E-state index contributed by atoms with van der Waals surface area (Å²) in [6.45, 7) is 11.7. The molecule has 0 bridgehead atoms. The summed E-state index contributed by atoms with van der Waals surface area (Å²) in [4.78, 5) is 31.4. The second-order valence-corrected chi connectivity index (χ2v) is 6.23. The summed E-state index contributed by atoms with van der Waals surface area (Å²) in [5.74, 6) is -1.10. The Morgan fingerprint density at radius 3 is 2.00 bits per heavy atom. The maximum absolute atomic E-state index is 11.7. The summed E-state index contributed by atoms with van der Waals surface area (Å²) in [5.41, 5.74) is 6.51. The van der Waals surface area contributed by atoms with Crippen molar-refractivity contribution >= 4 is 24.1 Å². The van der Waals surface area contributed by atoms with Crippen LogP contribution in [0.3, 0.4) is 0 Å². The Morgan fingerprint density at radius 2 is 1.68 bits per heavy atom. The summed E-state index contributed by atoms with van der Waals surface area (Å²) in [6, 6.07) is 7.18. The van der Waals surface area contributed by atoms with Crippen LogP contribution in [0, 0.1) is 5.41 Å². The molecule has 1 rings (SSSR count). The quantitative estimate of drug-likeness (QED) is 0.445. The van der Waals surface area contributed by atoms with E-state index in [-0.39, 0.29) is 11.9 Å². The number of ether oxygens (including phenoxy) is 3. The number of carbonyl (C=O) groups excluding carboxylic acids is 3. The normalized spacial score (nSPS) is 9.54. The number of benzene rings is 1. The minimum absolute atomic E-state index is 0.211. The first-order valence-electron chi connectivity index (χ1n) is 8.83. The van der Waals surface area contributed by atoms with Gasteiger partial charge in [0.1, 0.15) is 11.8 Å². The molecule has 0 radical (unpaired) electrons. The standard InChI is InChI=1S/C12H17NO2.C4H7NO2.C4H8O2/c1-12(2,3)15-11(14)10-6-4-5-9(7-10)8-13;1-2-7-4(6)3-5;1-3-6-4(2)5/h4-7H,8,13H2,1-3H3;3,5H,2H2,1H3;3H2,1-2H3. The van der Waals surface area contributed by atoms with E-state index >= 15 is 0 Å². The highest BCUT2D eigenvalue weighted by molar-refractivity contribution is 6.21. The molecular weight excluding hydrogens is 364 g/mol. The van der Waals surface area contributed by atoms with E-state index < -0.39 is 11.6 Å². The maximum Gasteiger partial charge on any atom is 0.348 e. The van der Waals surface area contributed by atoms with Crippen molar-refractivity contribution in [1.29, 1.82) is 5.41 Å². The SMILES string of the molecule is CC(C)(C)OC(=O)c1cccc(CN)c1.CCOC(=O)C=N.CCOC(C)=O. The lowest BCUT2D eigenvalue weighted by molar-refractivity contribution is -0.140. The number of rotatable bonds is 5. The molecule has 0 unspecified atom stereocenters. The van der Waals surface area contributed by atoms with Gasteiger partial charge in [0.25, 0.3) is 0 Å². The molecule has 158 valence electrons. The lowest BCUT2D eigenvalue weighted by Crippen LogP contribution is -2.23. The van der Waals surface area contributed by atoms with Gasteiger partial charge < -0.3 is 25.4 Å². The van der Waals surface area contributed by atoms with Gasteiger partial charge in [0.05, 0.1) is 18.8 Å². The first-order chi connectivity index (χ1) is 13.0. The van der Waals surface area contributed by atoms with Crippen LogP contribution >= 0.6 is 0 Å². The molecule has 0 atom stereocenters. The van der Waals surface area contributed by atoms with Crippen molar-refractivity contribution in [3.8, 4) is 0 Å². The van der Waals surface area contributed by atoms with Gasteiger partial charge in [-0.2, -0.15) is 0 Å². The Balaban J connectivity index is 0. The molecule has 1 aromatic carbocycles. The van der Waals surface area contributed by atoms with E-state index in [0.717, 1.165) is 5.56 Å². The van der Waals surface area contributed by atoms with Gasteiger partial charge in [0, 0.05) is 13.5 Å². The summed E-state index contributed by atoms with van der Waals surface area (Å²) in [5, 5.41) is 6.31. The van der Waals surface area contributed by atoms with Crippen molar-refractivity contribution in [3.63, 3.8) is 0 Å². The number of hydrogen-bond donors (Lipinski definition) is 2. The smallest absolute Gasteiger partial charge is 0.348 e. The average molecular weight is 396 g/mol. The Kier molecular flexibility index (Phi) is 15.0. The fourth-order valence-corrected chi connectivity index (χ4v) is 1.55. The minimum atomic E-state index is -0.581. The van der Waals surface area contributed by atoms with Gasteiger partial charge in [-0.3, -0.25) is 4.79 Å². The van der Waals surface area contributed by atoms with Gasteiger partial charge in [-0.25, -0.2) is 9.59 Å². The van der Waals surface area contributed by atoms with Gasteiger partial charge in [-0.1, -0.05) is 12.1 Å². The molecule has 28 heavy (non-hydrogen) atoms. The van der Waals surface area contributed by atoms with Gasteiger partial charge >= 0.3 is 17.9 Å². The summed E-state index contributed by atoms with van der Waals surface area (Å²) in [7, 11) is 0. The van der Waals surface area contributed by atoms with Crippen molar-refractivity contribution in [2.24, 2.45) is 5.73 Å². The molecule has 0 spiro atoms. The first kappa shape index (κ1) is 27.5. The van der Waals surface area contributed by atoms with Crippen molar-refractivity contribution < 1.29 is 28.6 Å². The lowest BCUT2D eigenvalue weighted by atomic mass is 10.1. The van der Waals surface area contributed by atoms with E-state index in [4.69, 9.17) is 15.9 Å². The van der Waals surface area contributed by atoms with Gasteiger partial charge in [-0.05, 0) is 52.3 Å². The third-order valence-corrected chi connectivity index (χ3v) is 2.55. The maximum atomic E-state index is 11.7. The predicted octanol–water partition coefficient (Wildman–Crippen LogP) is 2.87. The zero-order valence-corrected chi connectivity index (χ0v) is 17.5. The average Bonchev–Trinajstić information content (AvgIpc) is 2.61. The van der Waals surface area contributed by atoms with Crippen LogP contribution in [0.2, 0.25) is 0 Å². The number of esters is 3. The van der Waals surface area contributed by atoms with Crippen LogP contribution in [0.5, 0.6) is 0 Å². The van der Waals surface area contributed by atoms with Crippen LogP contribution in [0.15, 0.2) is 24.3 Å². The topological polar surface area (TPSA) is 129 Å². The molecule has 0 aliphatic carbocycles. The molecule has 0 aliphatic rings. The number of hydrogen-bond acceptors (Lipinski definition) is 8. The highest BCUT2D eigenvalue weighted by Gasteiger charge is 2.17. The minimum Gasteiger partial charge on any atom is -0.466 e. The van der Waals surface area contributed by atoms with Crippen molar-refractivity contribution in [2.75, 3.05) is 13.2 Å². The van der Waals surface area contributed by atoms with Crippen LogP contribution in [-0.2, 0) is 30.3 Å². The molecule has 0 heterocycles. The van der Waals surface area contributed by atoms with Crippen LogP contribution in [0.25, 0.3) is 0 Å². The second kappa shape index (κ2) is 15.3. The van der Waals surface area contributed by atoms with Gasteiger partial charge in [0.15, 0.2) is 0 Å².